The molecule has 2 aromatic heterocycles. The van der Waals surface area contributed by atoms with Crippen LogP contribution in [0.3, 0.4) is 0 Å². The molecular formula is C17H16F3N5OS. The molecule has 3 aromatic rings. The van der Waals surface area contributed by atoms with E-state index >= 15 is 0 Å². The third-order valence-corrected chi connectivity index (χ3v) is 5.20. The fourth-order valence-corrected chi connectivity index (χ4v) is 3.59. The first-order chi connectivity index (χ1) is 13.0. The number of alkyl halides is 3. The van der Waals surface area contributed by atoms with Gasteiger partial charge in [0.25, 0.3) is 0 Å². The maximum Gasteiger partial charge on any atom is 0.416 e. The van der Waals surface area contributed by atoms with Gasteiger partial charge in [0.15, 0.2) is 5.16 Å². The molecule has 2 heterocycles. The number of hydrogen-bond donors (Lipinski definition) is 0. The van der Waals surface area contributed by atoms with Gasteiger partial charge in [-0.25, -0.2) is 0 Å². The summed E-state index contributed by atoms with van der Waals surface area (Å²) in [6.45, 7) is 2.82. The molecule has 1 fully saturated rings. The Morgan fingerprint density at radius 3 is 2.78 bits per heavy atom. The van der Waals surface area contributed by atoms with Crippen molar-refractivity contribution in [2.24, 2.45) is 0 Å². The zero-order valence-electron chi connectivity index (χ0n) is 14.4. The van der Waals surface area contributed by atoms with Crippen LogP contribution in [0.1, 0.15) is 43.0 Å². The lowest BCUT2D eigenvalue weighted by atomic mass is 10.1. The Labute approximate surface area is 157 Å². The molecule has 0 saturated heterocycles. The van der Waals surface area contributed by atoms with Crippen LogP contribution in [0.25, 0.3) is 11.4 Å². The van der Waals surface area contributed by atoms with Gasteiger partial charge in [0.05, 0.1) is 11.3 Å². The monoisotopic (exact) mass is 395 g/mol. The van der Waals surface area contributed by atoms with Gasteiger partial charge in [-0.05, 0) is 31.9 Å². The molecule has 0 spiro atoms. The van der Waals surface area contributed by atoms with Crippen molar-refractivity contribution >= 4 is 11.8 Å². The summed E-state index contributed by atoms with van der Waals surface area (Å²) >= 11 is 1.42. The molecule has 4 rings (SSSR count). The zero-order valence-corrected chi connectivity index (χ0v) is 15.2. The van der Waals surface area contributed by atoms with Crippen LogP contribution in [0, 0.1) is 0 Å². The third kappa shape index (κ3) is 3.85. The Morgan fingerprint density at radius 1 is 1.26 bits per heavy atom. The second-order valence-corrected chi connectivity index (χ2v) is 7.18. The topological polar surface area (TPSA) is 69.6 Å². The van der Waals surface area contributed by atoms with E-state index in [9.17, 15) is 13.2 Å². The fraction of sp³-hybridized carbons (Fsp3) is 0.412. The number of halogens is 3. The van der Waals surface area contributed by atoms with Gasteiger partial charge in [-0.3, -0.25) is 0 Å². The predicted octanol–water partition coefficient (Wildman–Crippen LogP) is 4.54. The highest BCUT2D eigenvalue weighted by Gasteiger charge is 2.31. The lowest BCUT2D eigenvalue weighted by molar-refractivity contribution is -0.137. The van der Waals surface area contributed by atoms with Crippen molar-refractivity contribution in [3.8, 4) is 11.4 Å². The van der Waals surface area contributed by atoms with Crippen molar-refractivity contribution in [3.63, 3.8) is 0 Å². The average molecular weight is 395 g/mol. The largest absolute Gasteiger partial charge is 0.416 e. The molecule has 0 aliphatic heterocycles. The van der Waals surface area contributed by atoms with E-state index in [0.29, 0.717) is 17.6 Å². The minimum atomic E-state index is -4.41. The van der Waals surface area contributed by atoms with E-state index in [2.05, 4.69) is 24.9 Å². The van der Waals surface area contributed by atoms with Gasteiger partial charge in [-0.15, -0.1) is 10.2 Å². The van der Waals surface area contributed by atoms with E-state index in [1.165, 1.54) is 23.9 Å². The summed E-state index contributed by atoms with van der Waals surface area (Å²) in [6.07, 6.45) is -2.12. The molecule has 0 amide bonds. The number of aromatic nitrogens is 5. The van der Waals surface area contributed by atoms with Gasteiger partial charge in [0, 0.05) is 18.0 Å². The standard InChI is InChI=1S/C17H16F3N5OS/c1-2-25-15(10-6-7-10)22-23-16(25)27-9-13-21-14(24-26-13)11-4-3-5-12(8-11)17(18,19)20/h3-5,8,10H,2,6-7,9H2,1H3. The summed E-state index contributed by atoms with van der Waals surface area (Å²) in [7, 11) is 0. The number of hydrogen-bond acceptors (Lipinski definition) is 6. The normalized spacial score (nSPS) is 14.7. The Kier molecular flexibility index (Phi) is 4.67. The van der Waals surface area contributed by atoms with Crippen molar-refractivity contribution in [3.05, 3.63) is 41.5 Å². The number of thioether (sulfide) groups is 1. The smallest absolute Gasteiger partial charge is 0.338 e. The Hall–Kier alpha value is -2.36. The first-order valence-electron chi connectivity index (χ1n) is 8.52. The number of nitrogens with zero attached hydrogens (tertiary/aromatic N) is 5. The maximum absolute atomic E-state index is 12.8. The average Bonchev–Trinajstić information content (AvgIpc) is 3.24. The molecule has 0 bridgehead atoms. The fourth-order valence-electron chi connectivity index (χ4n) is 2.74. The van der Waals surface area contributed by atoms with Crippen LogP contribution in [0.5, 0.6) is 0 Å². The molecule has 10 heteroatoms. The molecule has 1 aliphatic carbocycles. The molecule has 6 nitrogen and oxygen atoms in total. The summed E-state index contributed by atoms with van der Waals surface area (Å²) in [6, 6.07) is 4.87. The minimum absolute atomic E-state index is 0.132. The SMILES string of the molecule is CCn1c(SCc2nc(-c3cccc(C(F)(F)F)c3)no2)nnc1C1CC1. The molecule has 0 atom stereocenters. The van der Waals surface area contributed by atoms with Crippen molar-refractivity contribution < 1.29 is 17.7 Å². The zero-order chi connectivity index (χ0) is 19.0. The highest BCUT2D eigenvalue weighted by atomic mass is 32.2. The van der Waals surface area contributed by atoms with Gasteiger partial charge in [0.1, 0.15) is 5.82 Å². The quantitative estimate of drug-likeness (QED) is 0.571. The van der Waals surface area contributed by atoms with Crippen LogP contribution in [-0.2, 0) is 18.5 Å². The molecule has 0 N–H and O–H groups in total. The van der Waals surface area contributed by atoms with Crippen molar-refractivity contribution in [2.75, 3.05) is 0 Å². The van der Waals surface area contributed by atoms with E-state index in [-0.39, 0.29) is 11.4 Å². The molecule has 0 unspecified atom stereocenters. The summed E-state index contributed by atoms with van der Waals surface area (Å²) in [5.74, 6) is 2.34. The van der Waals surface area contributed by atoms with Crippen LogP contribution in [-0.4, -0.2) is 24.9 Å². The highest BCUT2D eigenvalue weighted by Crippen LogP contribution is 2.40. The first-order valence-corrected chi connectivity index (χ1v) is 9.50. The van der Waals surface area contributed by atoms with Crippen molar-refractivity contribution in [1.82, 2.24) is 24.9 Å². The van der Waals surface area contributed by atoms with Gasteiger partial charge >= 0.3 is 6.18 Å². The second kappa shape index (κ2) is 6.99. The van der Waals surface area contributed by atoms with Crippen molar-refractivity contribution in [2.45, 2.75) is 49.3 Å². The van der Waals surface area contributed by atoms with Crippen LogP contribution in [0.15, 0.2) is 33.9 Å². The summed E-state index contributed by atoms with van der Waals surface area (Å²) in [5.41, 5.74) is -0.484. The maximum atomic E-state index is 12.8. The van der Waals surface area contributed by atoms with Gasteiger partial charge in [0.2, 0.25) is 11.7 Å². The Balaban J connectivity index is 1.48. The first kappa shape index (κ1) is 18.0. The highest BCUT2D eigenvalue weighted by molar-refractivity contribution is 7.98. The summed E-state index contributed by atoms with van der Waals surface area (Å²) in [5, 5.41) is 13.1. The third-order valence-electron chi connectivity index (χ3n) is 4.25. The van der Waals surface area contributed by atoms with E-state index in [0.717, 1.165) is 42.5 Å². The minimum Gasteiger partial charge on any atom is -0.338 e. The van der Waals surface area contributed by atoms with Gasteiger partial charge in [-0.2, -0.15) is 18.2 Å². The molecule has 1 saturated carbocycles. The van der Waals surface area contributed by atoms with E-state index in [1.807, 2.05) is 6.92 Å². The van der Waals surface area contributed by atoms with Gasteiger partial charge in [-0.1, -0.05) is 29.1 Å². The van der Waals surface area contributed by atoms with E-state index in [4.69, 9.17) is 4.52 Å². The van der Waals surface area contributed by atoms with Crippen LogP contribution in [0.4, 0.5) is 13.2 Å². The van der Waals surface area contributed by atoms with Gasteiger partial charge < -0.3 is 9.09 Å². The Bertz CT molecular complexity index is 948. The summed E-state index contributed by atoms with van der Waals surface area (Å²) < 4.78 is 45.8. The van der Waals surface area contributed by atoms with Crippen LogP contribution in [0.2, 0.25) is 0 Å². The molecular weight excluding hydrogens is 379 g/mol. The lowest BCUT2D eigenvalue weighted by Crippen LogP contribution is -2.04. The summed E-state index contributed by atoms with van der Waals surface area (Å²) in [4.78, 5) is 4.21. The van der Waals surface area contributed by atoms with Crippen LogP contribution >= 0.6 is 11.8 Å². The van der Waals surface area contributed by atoms with Crippen LogP contribution < -0.4 is 0 Å². The molecule has 0 radical (unpaired) electrons. The number of benzene rings is 1. The Morgan fingerprint density at radius 2 is 2.07 bits per heavy atom. The number of rotatable bonds is 6. The molecule has 142 valence electrons. The molecule has 1 aliphatic rings. The van der Waals surface area contributed by atoms with E-state index < -0.39 is 11.7 Å². The molecule has 1 aromatic carbocycles. The van der Waals surface area contributed by atoms with E-state index in [1.54, 1.807) is 0 Å². The predicted molar refractivity (Wildman–Crippen MR) is 92.0 cm³/mol. The lowest BCUT2D eigenvalue weighted by Gasteiger charge is -2.06. The van der Waals surface area contributed by atoms with Crippen molar-refractivity contribution in [1.29, 1.82) is 0 Å². The molecule has 27 heavy (non-hydrogen) atoms. The second-order valence-electron chi connectivity index (χ2n) is 6.24.